The number of carbonyl (C=O) groups is 2. The molecule has 1 aromatic carbocycles. The van der Waals surface area contributed by atoms with E-state index in [1.54, 1.807) is 0 Å². The Morgan fingerprint density at radius 2 is 1.86 bits per heavy atom. The fourth-order valence-electron chi connectivity index (χ4n) is 2.11. The zero-order valence-electron chi connectivity index (χ0n) is 12.7. The predicted octanol–water partition coefficient (Wildman–Crippen LogP) is 2.88. The zero-order chi connectivity index (χ0) is 15.7. The van der Waals surface area contributed by atoms with Crippen molar-refractivity contribution in [3.63, 3.8) is 0 Å². The minimum atomic E-state index is -0.980. The molecular weight excluding hydrogens is 268 g/mol. The van der Waals surface area contributed by atoms with Gasteiger partial charge in [-0.05, 0) is 17.9 Å². The molecule has 4 nitrogen and oxygen atoms in total. The summed E-state index contributed by atoms with van der Waals surface area (Å²) in [7, 11) is 0. The average molecular weight is 292 g/mol. The van der Waals surface area contributed by atoms with Crippen LogP contribution in [0.5, 0.6) is 0 Å². The van der Waals surface area contributed by atoms with Crippen molar-refractivity contribution in [2.45, 2.75) is 52.2 Å². The third kappa shape index (κ3) is 6.54. The molecule has 2 unspecified atom stereocenters. The second-order valence-electron chi connectivity index (χ2n) is 5.32. The van der Waals surface area contributed by atoms with Crippen molar-refractivity contribution >= 4 is 11.8 Å². The quantitative estimate of drug-likeness (QED) is 0.711. The van der Waals surface area contributed by atoms with Crippen LogP contribution < -0.4 is 0 Å². The molecule has 0 spiro atoms. The molecule has 0 bridgehead atoms. The van der Waals surface area contributed by atoms with Crippen LogP contribution in [0.1, 0.15) is 45.1 Å². The molecule has 0 heterocycles. The highest BCUT2D eigenvalue weighted by Crippen LogP contribution is 2.13. The van der Waals surface area contributed by atoms with Crippen LogP contribution in [0.2, 0.25) is 0 Å². The number of aliphatic hydroxyl groups is 1. The molecule has 1 N–H and O–H groups in total. The molecule has 1 rings (SSSR count). The maximum Gasteiger partial charge on any atom is 0.306 e. The summed E-state index contributed by atoms with van der Waals surface area (Å²) in [5, 5.41) is 9.84. The van der Waals surface area contributed by atoms with E-state index in [9.17, 15) is 14.7 Å². The van der Waals surface area contributed by atoms with Crippen molar-refractivity contribution in [3.8, 4) is 0 Å². The predicted molar refractivity (Wildman–Crippen MR) is 80.6 cm³/mol. The fraction of sp³-hybridized carbons (Fsp3) is 0.529. The van der Waals surface area contributed by atoms with E-state index in [-0.39, 0.29) is 31.1 Å². The smallest absolute Gasteiger partial charge is 0.306 e. The molecule has 4 heteroatoms. The molecule has 0 aliphatic rings. The van der Waals surface area contributed by atoms with Crippen molar-refractivity contribution in [1.29, 1.82) is 0 Å². The van der Waals surface area contributed by atoms with E-state index in [0.717, 1.165) is 18.4 Å². The van der Waals surface area contributed by atoms with Crippen molar-refractivity contribution in [3.05, 3.63) is 35.9 Å². The number of hydrogen-bond donors (Lipinski definition) is 1. The summed E-state index contributed by atoms with van der Waals surface area (Å²) < 4.78 is 5.09. The zero-order valence-corrected chi connectivity index (χ0v) is 12.7. The Kier molecular flexibility index (Phi) is 7.69. The van der Waals surface area contributed by atoms with Gasteiger partial charge in [0.1, 0.15) is 12.7 Å². The summed E-state index contributed by atoms with van der Waals surface area (Å²) in [5.74, 6) is -0.766. The number of benzene rings is 1. The second-order valence-corrected chi connectivity index (χ2v) is 5.32. The lowest BCUT2D eigenvalue weighted by Crippen LogP contribution is -2.28. The summed E-state index contributed by atoms with van der Waals surface area (Å²) in [6.45, 7) is 4.07. The molecule has 2 atom stereocenters. The Hall–Kier alpha value is -1.68. The minimum Gasteiger partial charge on any atom is -0.461 e. The first kappa shape index (κ1) is 17.4. The third-order valence-electron chi connectivity index (χ3n) is 3.43. The second kappa shape index (κ2) is 9.29. The molecule has 21 heavy (non-hydrogen) atoms. The number of carbonyl (C=O) groups excluding carboxylic acids is 2. The van der Waals surface area contributed by atoms with Gasteiger partial charge in [-0.1, -0.05) is 50.6 Å². The lowest BCUT2D eigenvalue weighted by atomic mass is 9.94. The maximum absolute atomic E-state index is 11.8. The van der Waals surface area contributed by atoms with Gasteiger partial charge in [0.15, 0.2) is 5.78 Å². The van der Waals surface area contributed by atoms with E-state index in [2.05, 4.69) is 0 Å². The third-order valence-corrected chi connectivity index (χ3v) is 3.43. The number of hydrogen-bond acceptors (Lipinski definition) is 4. The Morgan fingerprint density at radius 3 is 2.48 bits per heavy atom. The first-order chi connectivity index (χ1) is 10.0. The Balaban J connectivity index is 2.27. The van der Waals surface area contributed by atoms with Crippen LogP contribution in [0.15, 0.2) is 30.3 Å². The van der Waals surface area contributed by atoms with E-state index in [1.165, 1.54) is 0 Å². The number of aliphatic hydroxyl groups excluding tert-OH is 1. The summed E-state index contributed by atoms with van der Waals surface area (Å²) in [6.07, 6.45) is 0.785. The first-order valence-electron chi connectivity index (χ1n) is 7.45. The Labute approximate surface area is 126 Å². The van der Waals surface area contributed by atoms with E-state index in [0.29, 0.717) is 0 Å². The molecule has 0 fully saturated rings. The normalized spacial score (nSPS) is 13.5. The minimum absolute atomic E-state index is 0.0154. The average Bonchev–Trinajstić information content (AvgIpc) is 2.51. The summed E-state index contributed by atoms with van der Waals surface area (Å²) in [4.78, 5) is 23.4. The van der Waals surface area contributed by atoms with Gasteiger partial charge < -0.3 is 9.84 Å². The molecule has 0 aliphatic heterocycles. The van der Waals surface area contributed by atoms with Crippen molar-refractivity contribution < 1.29 is 19.4 Å². The molecule has 0 saturated heterocycles. The molecule has 0 radical (unpaired) electrons. The van der Waals surface area contributed by atoms with Gasteiger partial charge in [-0.15, -0.1) is 0 Å². The number of rotatable bonds is 9. The molecule has 1 aromatic rings. The fourth-order valence-corrected chi connectivity index (χ4v) is 2.11. The molecule has 116 valence electrons. The number of ketones is 1. The van der Waals surface area contributed by atoms with Crippen LogP contribution in [-0.4, -0.2) is 23.0 Å². The highest BCUT2D eigenvalue weighted by molar-refractivity contribution is 5.86. The standard InChI is InChI=1S/C17H24O4/c1-3-7-13(2)17(20)15(18)10-11-16(19)21-12-14-8-5-4-6-9-14/h4-6,8-9,13,17,20H,3,7,10-12H2,1-2H3. The highest BCUT2D eigenvalue weighted by atomic mass is 16.5. The Morgan fingerprint density at radius 1 is 1.19 bits per heavy atom. The van der Waals surface area contributed by atoms with Gasteiger partial charge in [-0.2, -0.15) is 0 Å². The van der Waals surface area contributed by atoms with Gasteiger partial charge >= 0.3 is 5.97 Å². The summed E-state index contributed by atoms with van der Waals surface area (Å²) in [5.41, 5.74) is 0.911. The van der Waals surface area contributed by atoms with Crippen LogP contribution >= 0.6 is 0 Å². The highest BCUT2D eigenvalue weighted by Gasteiger charge is 2.22. The lowest BCUT2D eigenvalue weighted by Gasteiger charge is -2.16. The van der Waals surface area contributed by atoms with Crippen LogP contribution in [0.3, 0.4) is 0 Å². The largest absolute Gasteiger partial charge is 0.461 e. The molecular formula is C17H24O4. The summed E-state index contributed by atoms with van der Waals surface area (Å²) in [6, 6.07) is 9.38. The molecule has 0 aromatic heterocycles. The van der Waals surface area contributed by atoms with Crippen LogP contribution in [0.25, 0.3) is 0 Å². The van der Waals surface area contributed by atoms with Gasteiger partial charge in [0, 0.05) is 6.42 Å². The monoisotopic (exact) mass is 292 g/mol. The number of esters is 1. The van der Waals surface area contributed by atoms with Gasteiger partial charge in [0.2, 0.25) is 0 Å². The van der Waals surface area contributed by atoms with E-state index < -0.39 is 12.1 Å². The van der Waals surface area contributed by atoms with Crippen LogP contribution in [0.4, 0.5) is 0 Å². The number of ether oxygens (including phenoxy) is 1. The Bertz CT molecular complexity index is 441. The van der Waals surface area contributed by atoms with Crippen molar-refractivity contribution in [2.75, 3.05) is 0 Å². The SMILES string of the molecule is CCCC(C)C(O)C(=O)CCC(=O)OCc1ccccc1. The number of Topliss-reactive ketones (excluding diaryl/α,β-unsaturated/α-hetero) is 1. The van der Waals surface area contributed by atoms with E-state index >= 15 is 0 Å². The van der Waals surface area contributed by atoms with Gasteiger partial charge in [0.05, 0.1) is 6.42 Å². The van der Waals surface area contributed by atoms with Gasteiger partial charge in [0.25, 0.3) is 0 Å². The van der Waals surface area contributed by atoms with Crippen LogP contribution in [-0.2, 0) is 20.9 Å². The molecule has 0 aliphatic carbocycles. The van der Waals surface area contributed by atoms with Gasteiger partial charge in [-0.25, -0.2) is 0 Å². The summed E-state index contributed by atoms with van der Waals surface area (Å²) >= 11 is 0. The van der Waals surface area contributed by atoms with Crippen molar-refractivity contribution in [2.24, 2.45) is 5.92 Å². The lowest BCUT2D eigenvalue weighted by molar-refractivity contribution is -0.147. The maximum atomic E-state index is 11.8. The molecule has 0 saturated carbocycles. The van der Waals surface area contributed by atoms with Crippen molar-refractivity contribution in [1.82, 2.24) is 0 Å². The van der Waals surface area contributed by atoms with E-state index in [4.69, 9.17) is 4.74 Å². The molecule has 0 amide bonds. The van der Waals surface area contributed by atoms with Gasteiger partial charge in [-0.3, -0.25) is 9.59 Å². The van der Waals surface area contributed by atoms with Crippen LogP contribution in [0, 0.1) is 5.92 Å². The first-order valence-corrected chi connectivity index (χ1v) is 7.45. The topological polar surface area (TPSA) is 63.6 Å². The van der Waals surface area contributed by atoms with E-state index in [1.807, 2.05) is 44.2 Å².